The molecule has 0 aliphatic rings. The van der Waals surface area contributed by atoms with E-state index >= 15 is 0 Å². The Labute approximate surface area is 65.5 Å². The lowest BCUT2D eigenvalue weighted by Gasteiger charge is -2.13. The van der Waals surface area contributed by atoms with Crippen LogP contribution in [-0.2, 0) is 11.8 Å². The molecule has 0 spiro atoms. The predicted octanol–water partition coefficient (Wildman–Crippen LogP) is 1.83. The summed E-state index contributed by atoms with van der Waals surface area (Å²) in [6, 6.07) is 0.207. The van der Waals surface area contributed by atoms with Crippen molar-refractivity contribution in [3.63, 3.8) is 0 Å². The zero-order valence-electron chi connectivity index (χ0n) is 5.47. The van der Waals surface area contributed by atoms with E-state index in [0.717, 1.165) is 6.42 Å². The first-order chi connectivity index (χ1) is 3.95. The largest absolute Gasteiger partial charge is 0.343 e. The summed E-state index contributed by atoms with van der Waals surface area (Å²) >= 11 is 9.93. The lowest BCUT2D eigenvalue weighted by molar-refractivity contribution is 0.581. The van der Waals surface area contributed by atoms with Crippen molar-refractivity contribution in [2.45, 2.75) is 26.3 Å². The summed E-state index contributed by atoms with van der Waals surface area (Å²) in [5.41, 5.74) is 0. The summed E-state index contributed by atoms with van der Waals surface area (Å²) in [6.07, 6.45) is 0.922. The van der Waals surface area contributed by atoms with E-state index in [9.17, 15) is 0 Å². The van der Waals surface area contributed by atoms with E-state index in [4.69, 9.17) is 16.1 Å². The summed E-state index contributed by atoms with van der Waals surface area (Å²) in [5, 5.41) is 2.72. The van der Waals surface area contributed by atoms with Crippen molar-refractivity contribution >= 4 is 28.8 Å². The van der Waals surface area contributed by atoms with Crippen molar-refractivity contribution < 1.29 is 4.89 Å². The fourth-order valence-corrected chi connectivity index (χ4v) is 2.13. The van der Waals surface area contributed by atoms with Crippen molar-refractivity contribution in [2.24, 2.45) is 0 Å². The minimum Gasteiger partial charge on any atom is -0.343 e. The van der Waals surface area contributed by atoms with Crippen molar-refractivity contribution in [1.29, 1.82) is 0 Å². The van der Waals surface area contributed by atoms with Gasteiger partial charge in [0.15, 0.2) is 0 Å². The van der Waals surface area contributed by atoms with Crippen molar-refractivity contribution in [1.82, 2.24) is 5.09 Å². The first-order valence-electron chi connectivity index (χ1n) is 2.76. The Kier molecular flexibility index (Phi) is 4.26. The summed E-state index contributed by atoms with van der Waals surface area (Å²) in [5.74, 6) is -2.68. The highest BCUT2D eigenvalue weighted by Crippen LogP contribution is 2.42. The second-order valence-electron chi connectivity index (χ2n) is 1.94. The lowest BCUT2D eigenvalue weighted by atomic mass is 10.3. The second-order valence-corrected chi connectivity index (χ2v) is 6.86. The number of hydrogen-bond acceptors (Lipinski definition) is 1. The highest BCUT2D eigenvalue weighted by Gasteiger charge is 2.09. The molecule has 9 heavy (non-hydrogen) atoms. The molecule has 0 aliphatic heterocycles. The maximum Gasteiger partial charge on any atom is 0.216 e. The van der Waals surface area contributed by atoms with Crippen molar-refractivity contribution in [3.05, 3.63) is 0 Å². The SMILES string of the molecule is CCC(C)NP(O)(=S)Cl. The van der Waals surface area contributed by atoms with E-state index in [-0.39, 0.29) is 6.04 Å². The highest BCUT2D eigenvalue weighted by atomic mass is 35.7. The Morgan fingerprint density at radius 2 is 2.33 bits per heavy atom. The maximum absolute atomic E-state index is 8.90. The van der Waals surface area contributed by atoms with Crippen LogP contribution < -0.4 is 5.09 Å². The molecule has 0 fully saturated rings. The van der Waals surface area contributed by atoms with Crippen LogP contribution in [0.4, 0.5) is 0 Å². The van der Waals surface area contributed by atoms with Gasteiger partial charge in [0.25, 0.3) is 0 Å². The van der Waals surface area contributed by atoms with E-state index in [1.807, 2.05) is 13.8 Å². The fourth-order valence-electron chi connectivity index (χ4n) is 0.363. The second kappa shape index (κ2) is 3.89. The first-order valence-corrected chi connectivity index (χ1v) is 6.42. The maximum atomic E-state index is 8.90. The van der Waals surface area contributed by atoms with E-state index in [2.05, 4.69) is 16.9 Å². The molecule has 0 amide bonds. The van der Waals surface area contributed by atoms with E-state index in [1.54, 1.807) is 0 Å². The molecule has 0 aliphatic carbocycles. The van der Waals surface area contributed by atoms with Gasteiger partial charge in [0.05, 0.1) is 0 Å². The van der Waals surface area contributed by atoms with Gasteiger partial charge in [0.2, 0.25) is 5.77 Å². The number of nitrogens with one attached hydrogen (secondary N) is 1. The molecule has 0 aromatic carbocycles. The van der Waals surface area contributed by atoms with Crippen LogP contribution in [0.15, 0.2) is 0 Å². The minimum atomic E-state index is -2.68. The molecule has 2 unspecified atom stereocenters. The Hall–Kier alpha value is 0.860. The van der Waals surface area contributed by atoms with Crippen LogP contribution >= 0.6 is 17.0 Å². The average molecular weight is 188 g/mol. The van der Waals surface area contributed by atoms with Gasteiger partial charge in [0, 0.05) is 6.04 Å². The Balaban J connectivity index is 3.60. The Bertz CT molecular complexity index is 126. The van der Waals surface area contributed by atoms with Crippen LogP contribution in [0.5, 0.6) is 0 Å². The van der Waals surface area contributed by atoms with Gasteiger partial charge in [-0.15, -0.1) is 0 Å². The molecule has 2 N–H and O–H groups in total. The average Bonchev–Trinajstić information content (AvgIpc) is 1.62. The molecule has 2 nitrogen and oxygen atoms in total. The third-order valence-corrected chi connectivity index (χ3v) is 2.36. The molecule has 0 saturated heterocycles. The monoisotopic (exact) mass is 187 g/mol. The molecule has 0 radical (unpaired) electrons. The highest BCUT2D eigenvalue weighted by molar-refractivity contribution is 8.23. The summed E-state index contributed by atoms with van der Waals surface area (Å²) in [7, 11) is 0. The molecule has 0 aromatic rings. The molecule has 2 atom stereocenters. The Morgan fingerprint density at radius 1 is 1.89 bits per heavy atom. The van der Waals surface area contributed by atoms with Crippen LogP contribution in [0.2, 0.25) is 0 Å². The molecule has 0 aromatic heterocycles. The van der Waals surface area contributed by atoms with Gasteiger partial charge < -0.3 is 4.89 Å². The van der Waals surface area contributed by atoms with E-state index < -0.39 is 5.77 Å². The summed E-state index contributed by atoms with van der Waals surface area (Å²) < 4.78 is 0. The zero-order chi connectivity index (χ0) is 7.49. The van der Waals surface area contributed by atoms with Crippen LogP contribution in [-0.4, -0.2) is 10.9 Å². The third kappa shape index (κ3) is 6.75. The number of rotatable bonds is 3. The minimum absolute atomic E-state index is 0.207. The fraction of sp³-hybridized carbons (Fsp3) is 1.00. The summed E-state index contributed by atoms with van der Waals surface area (Å²) in [6.45, 7) is 3.93. The normalized spacial score (nSPS) is 20.9. The quantitative estimate of drug-likeness (QED) is 0.662. The topological polar surface area (TPSA) is 32.3 Å². The summed E-state index contributed by atoms with van der Waals surface area (Å²) in [4.78, 5) is 8.90. The van der Waals surface area contributed by atoms with Gasteiger partial charge in [-0.25, -0.2) is 0 Å². The molecule has 56 valence electrons. The van der Waals surface area contributed by atoms with Crippen LogP contribution in [0.1, 0.15) is 20.3 Å². The van der Waals surface area contributed by atoms with Crippen molar-refractivity contribution in [2.75, 3.05) is 0 Å². The molecule has 0 heterocycles. The van der Waals surface area contributed by atoms with Crippen LogP contribution in [0.25, 0.3) is 0 Å². The van der Waals surface area contributed by atoms with E-state index in [0.29, 0.717) is 0 Å². The molecular formula is C4H11ClNOPS. The van der Waals surface area contributed by atoms with Gasteiger partial charge >= 0.3 is 0 Å². The number of hydrogen-bond donors (Lipinski definition) is 2. The van der Waals surface area contributed by atoms with Gasteiger partial charge in [-0.3, -0.25) is 5.09 Å². The standard InChI is InChI=1S/C4H11ClNOPS/c1-3-4(2)6-8(5,7)9/h4H,3H2,1-2H3,(H2,6,7,9). The molecule has 0 rings (SSSR count). The molecule has 0 saturated carbocycles. The van der Waals surface area contributed by atoms with Gasteiger partial charge in [-0.1, -0.05) is 6.92 Å². The first kappa shape index (κ1) is 9.86. The zero-order valence-corrected chi connectivity index (χ0v) is 7.93. The van der Waals surface area contributed by atoms with Crippen molar-refractivity contribution in [3.8, 4) is 0 Å². The van der Waals surface area contributed by atoms with Gasteiger partial charge in [0.1, 0.15) is 0 Å². The van der Waals surface area contributed by atoms with Gasteiger partial charge in [-0.2, -0.15) is 0 Å². The van der Waals surface area contributed by atoms with Crippen LogP contribution in [0.3, 0.4) is 0 Å². The number of halogens is 1. The van der Waals surface area contributed by atoms with Gasteiger partial charge in [-0.05, 0) is 36.4 Å². The van der Waals surface area contributed by atoms with E-state index in [1.165, 1.54) is 0 Å². The van der Waals surface area contributed by atoms with Crippen LogP contribution in [0, 0.1) is 0 Å². The smallest absolute Gasteiger partial charge is 0.216 e. The Morgan fingerprint density at radius 3 is 2.44 bits per heavy atom. The lowest BCUT2D eigenvalue weighted by Crippen LogP contribution is -2.19. The third-order valence-electron chi connectivity index (χ3n) is 0.992. The molecule has 0 bridgehead atoms. The molecule has 5 heteroatoms. The predicted molar refractivity (Wildman–Crippen MR) is 45.2 cm³/mol. The molecular weight excluding hydrogens is 177 g/mol.